The maximum absolute atomic E-state index is 15.0. The van der Waals surface area contributed by atoms with Gasteiger partial charge in [0.15, 0.2) is 5.75 Å². The molecule has 11 unspecified atom stereocenters. The van der Waals surface area contributed by atoms with Crippen LogP contribution in [0.25, 0.3) is 10.8 Å². The van der Waals surface area contributed by atoms with Gasteiger partial charge in [-0.1, -0.05) is 78.8 Å². The number of piperidine rings is 1. The molecule has 0 radical (unpaired) electrons. The lowest BCUT2D eigenvalue weighted by Crippen LogP contribution is -2.51. The van der Waals surface area contributed by atoms with Gasteiger partial charge in [0.05, 0.1) is 47.6 Å². The second-order valence-corrected chi connectivity index (χ2v) is 25.9. The normalized spacial score (nSPS) is 24.6. The van der Waals surface area contributed by atoms with E-state index < -0.39 is 138 Å². The zero-order valence-corrected chi connectivity index (χ0v) is 57.2. The number of aliphatic hydroxyl groups is 1. The van der Waals surface area contributed by atoms with Crippen LogP contribution in [0.3, 0.4) is 0 Å². The van der Waals surface area contributed by atoms with Gasteiger partial charge in [0.1, 0.15) is 70.5 Å². The smallest absolute Gasteiger partial charge is 0.410 e. The van der Waals surface area contributed by atoms with Gasteiger partial charge in [0.2, 0.25) is 12.7 Å². The Kier molecular flexibility index (Phi) is 25.1. The van der Waals surface area contributed by atoms with Gasteiger partial charge in [-0.15, -0.1) is 0 Å². The molecule has 11 atom stereocenters. The summed E-state index contributed by atoms with van der Waals surface area (Å²) < 4.78 is 46.5. The van der Waals surface area contributed by atoms with Crippen molar-refractivity contribution in [1.82, 2.24) is 15.1 Å². The number of phenolic OH excluding ortho intramolecular Hbond substituents is 2. The van der Waals surface area contributed by atoms with Gasteiger partial charge in [-0.05, 0) is 63.3 Å². The first-order chi connectivity index (χ1) is 45.4. The Morgan fingerprint density at radius 2 is 1.58 bits per heavy atom. The molecule has 0 saturated carbocycles. The Morgan fingerprint density at radius 1 is 0.906 bits per heavy atom. The molecule has 96 heavy (non-hydrogen) atoms. The average molecular weight is 1340 g/mol. The van der Waals surface area contributed by atoms with E-state index in [-0.39, 0.29) is 74.9 Å². The molecule has 8 rings (SSSR count). The minimum Gasteiger partial charge on any atom is -0.507 e. The van der Waals surface area contributed by atoms with E-state index in [2.05, 4.69) is 34.4 Å². The molecule has 26 nitrogen and oxygen atoms in total. The van der Waals surface area contributed by atoms with Gasteiger partial charge in [-0.2, -0.15) is 0 Å². The van der Waals surface area contributed by atoms with Crippen LogP contribution in [0.1, 0.15) is 130 Å². The molecule has 3 amide bonds. The van der Waals surface area contributed by atoms with Crippen molar-refractivity contribution in [1.29, 1.82) is 0 Å². The number of likely N-dealkylation sites (N-methyl/N-ethyl adjacent to an activating group) is 1. The number of nitrogens with one attached hydrogen (secondary N) is 2. The van der Waals surface area contributed by atoms with Crippen LogP contribution < -0.4 is 30.8 Å². The fourth-order valence-corrected chi connectivity index (χ4v) is 12.6. The number of ketones is 2. The number of nitrogens with zero attached hydrogens (tertiary/aromatic N) is 4. The summed E-state index contributed by atoms with van der Waals surface area (Å²) in [4.78, 5) is 132. The van der Waals surface area contributed by atoms with E-state index in [9.17, 15) is 53.7 Å². The summed E-state index contributed by atoms with van der Waals surface area (Å²) >= 11 is 0. The number of fused-ring (bicyclic) bond motifs is 13. The number of phenols is 2. The Bertz CT molecular complexity index is 3650. The third-order valence-electron chi connectivity index (χ3n) is 18.2. The minimum absolute atomic E-state index is 0.00858. The van der Waals surface area contributed by atoms with Crippen molar-refractivity contribution in [3.05, 3.63) is 87.8 Å². The molecule has 5 aliphatic heterocycles. The van der Waals surface area contributed by atoms with Crippen molar-refractivity contribution in [2.24, 2.45) is 45.5 Å². The van der Waals surface area contributed by atoms with E-state index in [1.54, 1.807) is 65.0 Å². The molecule has 5 aliphatic rings. The van der Waals surface area contributed by atoms with Crippen LogP contribution in [0, 0.1) is 42.4 Å². The molecule has 0 aliphatic carbocycles. The van der Waals surface area contributed by atoms with Crippen LogP contribution in [0.5, 0.6) is 23.0 Å². The van der Waals surface area contributed by atoms with Crippen molar-refractivity contribution in [3.8, 4) is 23.0 Å². The molecule has 1 spiro atoms. The highest BCUT2D eigenvalue weighted by Gasteiger charge is 2.51. The molecular formula is C70H92N6O20. The third kappa shape index (κ3) is 17.4. The fraction of sp³-hybridized carbons (Fsp3) is 0.557. The second-order valence-electron chi connectivity index (χ2n) is 25.9. The van der Waals surface area contributed by atoms with Crippen molar-refractivity contribution in [2.75, 3.05) is 59.1 Å². The zero-order chi connectivity index (χ0) is 70.7. The van der Waals surface area contributed by atoms with Crippen molar-refractivity contribution in [3.63, 3.8) is 0 Å². The largest absolute Gasteiger partial charge is 0.507 e. The number of aromatic hydroxyl groups is 2. The number of carbonyl (C=O) groups excluding carboxylic acids is 9. The third-order valence-corrected chi connectivity index (χ3v) is 18.2. The predicted molar refractivity (Wildman–Crippen MR) is 349 cm³/mol. The number of likely N-dealkylation sites (tertiary alicyclic amines) is 1. The molecule has 5 heterocycles. The topological polar surface area (TPSA) is 343 Å². The first-order valence-electron chi connectivity index (χ1n) is 32.5. The summed E-state index contributed by atoms with van der Waals surface area (Å²) in [5.41, 5.74) is -0.0385. The number of ether oxygens (including phenoxy) is 8. The van der Waals surface area contributed by atoms with Crippen LogP contribution in [0.15, 0.2) is 70.4 Å². The van der Waals surface area contributed by atoms with Crippen LogP contribution in [-0.2, 0) is 68.4 Å². The first-order valence-corrected chi connectivity index (χ1v) is 32.5. The van der Waals surface area contributed by atoms with E-state index in [4.69, 9.17) is 42.9 Å². The van der Waals surface area contributed by atoms with E-state index in [0.29, 0.717) is 62.3 Å². The van der Waals surface area contributed by atoms with E-state index >= 15 is 4.79 Å². The molecule has 5 bridgehead atoms. The number of hydrogen-bond acceptors (Lipinski definition) is 23. The summed E-state index contributed by atoms with van der Waals surface area (Å²) in [5.74, 6) is -11.2. The number of allylic oxidation sites excluding steroid dienone is 2. The van der Waals surface area contributed by atoms with Gasteiger partial charge < -0.3 is 78.4 Å². The highest BCUT2D eigenvalue weighted by molar-refractivity contribution is 6.21. The average Bonchev–Trinajstić information content (AvgIpc) is 1.51. The lowest BCUT2D eigenvalue weighted by molar-refractivity contribution is -0.167. The van der Waals surface area contributed by atoms with Crippen molar-refractivity contribution < 1.29 is 96.4 Å². The molecular weight excluding hydrogens is 1240 g/mol. The molecule has 26 heteroatoms. The number of rotatable bonds is 21. The summed E-state index contributed by atoms with van der Waals surface area (Å²) in [6, 6.07) is 5.18. The van der Waals surface area contributed by atoms with Gasteiger partial charge in [-0.3, -0.25) is 38.6 Å². The lowest BCUT2D eigenvalue weighted by atomic mass is 9.78. The number of Topliss-reactive ketones (excluding diaryl/α,β-unsaturated/α-hetero) is 2. The summed E-state index contributed by atoms with van der Waals surface area (Å²) in [6.45, 7) is 20.4. The number of esters is 3. The highest BCUT2D eigenvalue weighted by Crippen LogP contribution is 2.51. The maximum Gasteiger partial charge on any atom is 0.410 e. The Balaban J connectivity index is 1.24. The van der Waals surface area contributed by atoms with Crippen LogP contribution >= 0.6 is 0 Å². The fourth-order valence-electron chi connectivity index (χ4n) is 12.6. The number of carbonyl (C=O) groups is 9. The maximum atomic E-state index is 15.0. The van der Waals surface area contributed by atoms with Gasteiger partial charge in [-0.25, -0.2) is 9.79 Å². The number of amides is 3. The summed E-state index contributed by atoms with van der Waals surface area (Å²) in [7, 11) is 2.72. The zero-order valence-electron chi connectivity index (χ0n) is 57.2. The van der Waals surface area contributed by atoms with Gasteiger partial charge >= 0.3 is 29.8 Å². The Labute approximate surface area is 558 Å². The molecule has 1 fully saturated rings. The molecule has 3 aromatic carbocycles. The van der Waals surface area contributed by atoms with Crippen molar-refractivity contribution in [2.45, 2.75) is 164 Å². The van der Waals surface area contributed by atoms with Crippen LogP contribution in [0.2, 0.25) is 0 Å². The standard InChI is InChI=1S/C70H92N6O20/c1-15-51(80)91-36-92-68(88)71-49(32-46-21-23-48(24-22-46)90-30-17-20-47(35-77)44(10)78)67(87)75(13)34-52(81)95-62-38(4)18-16-19-39(5)66(86)72-58-57-56(73-70(74-57)26-28-76(29-27-70)33-37(2)3)53-54(61(58)84)60(83)43(9)64-55(53)65(85)69(12,96-64)93-31-25-50(89-14)40(6)63(94-45(11)79)42(8)59(82)41(62)7/h16,18-19,21-25,31,35,37-38,40-42,47,49-50,59,62-63,73,82-84H,15,17,20,26-30,32-34,36H2,1-14H3,(H,71,88)/b18-16?,31-25?,39-19-,72-58?. The predicted octanol–water partition coefficient (Wildman–Crippen LogP) is 6.57. The Hall–Kier alpha value is -8.75. The van der Waals surface area contributed by atoms with Crippen LogP contribution in [0.4, 0.5) is 10.5 Å². The highest BCUT2D eigenvalue weighted by atomic mass is 16.7. The number of alkyl carbamates (subject to hydrolysis) is 1. The minimum atomic E-state index is -2.07. The number of aliphatic hydroxyl groups excluding tert-OH is 1. The number of benzene rings is 3. The van der Waals surface area contributed by atoms with E-state index in [1.165, 1.54) is 73.3 Å². The molecule has 5 N–H and O–H groups in total. The molecule has 0 aromatic heterocycles. The Morgan fingerprint density at radius 3 is 2.21 bits per heavy atom. The second kappa shape index (κ2) is 32.3. The van der Waals surface area contributed by atoms with Gasteiger partial charge in [0, 0.05) is 114 Å². The first kappa shape index (κ1) is 74.6. The van der Waals surface area contributed by atoms with E-state index in [1.807, 2.05) is 0 Å². The van der Waals surface area contributed by atoms with Crippen LogP contribution in [-0.4, -0.2) is 174 Å². The number of methoxy groups -OCH3 is 1. The van der Waals surface area contributed by atoms with Gasteiger partial charge in [0.25, 0.3) is 11.7 Å². The lowest BCUT2D eigenvalue weighted by Gasteiger charge is -2.39. The number of anilines is 1. The SMILES string of the molecule is CCC(=O)OCOC(=O)NC(Cc1ccc(OCCCC(C=O)C(C)=O)cc1)C(=O)N(C)CC(=O)OC1C(C)C=C/C=C(/C)C(=O)N=c2c(O)c3c(O)c(C)c4c(c3c3c2=NC2(CCN(CC(C)C)CC2)N3)C(=O)C(C)(OC=CC(OC)C(C)C(OC(C)=O)C(C)C(O)C1C)O4. The summed E-state index contributed by atoms with van der Waals surface area (Å²) in [5, 5.41) is 42.8. The molecule has 522 valence electrons. The number of aldehydes is 1. The van der Waals surface area contributed by atoms with E-state index in [0.717, 1.165) is 11.4 Å². The molecule has 3 aromatic rings. The molecule has 1 saturated heterocycles. The van der Waals surface area contributed by atoms with Crippen molar-refractivity contribution >= 4 is 70.1 Å². The number of hydrogen-bond donors (Lipinski definition) is 5. The quantitative estimate of drug-likeness (QED) is 0.0143. The monoisotopic (exact) mass is 1340 g/mol. The summed E-state index contributed by atoms with van der Waals surface area (Å²) in [6.07, 6.45) is 3.75.